The van der Waals surface area contributed by atoms with Gasteiger partial charge in [0.1, 0.15) is 0 Å². The molecule has 0 amide bonds. The van der Waals surface area contributed by atoms with Crippen LogP contribution in [0, 0.1) is 11.3 Å². The van der Waals surface area contributed by atoms with E-state index in [0.717, 1.165) is 25.2 Å². The van der Waals surface area contributed by atoms with Crippen molar-refractivity contribution in [2.24, 2.45) is 0 Å². The molecule has 1 aliphatic heterocycles. The Hall–Kier alpha value is -1.37. The molecule has 1 aliphatic rings. The third-order valence-electron chi connectivity index (χ3n) is 3.96. The minimum Gasteiger partial charge on any atom is -0.318 e. The van der Waals surface area contributed by atoms with Gasteiger partial charge in [-0.05, 0) is 32.0 Å². The largest absolute Gasteiger partial charge is 0.318 e. The van der Waals surface area contributed by atoms with Crippen molar-refractivity contribution in [2.45, 2.75) is 31.2 Å². The second kappa shape index (κ2) is 7.28. The summed E-state index contributed by atoms with van der Waals surface area (Å²) in [7, 11) is 2.01. The van der Waals surface area contributed by atoms with E-state index in [4.69, 9.17) is 0 Å². The van der Waals surface area contributed by atoms with Crippen LogP contribution < -0.4 is 5.32 Å². The summed E-state index contributed by atoms with van der Waals surface area (Å²) < 4.78 is 0. The summed E-state index contributed by atoms with van der Waals surface area (Å²) in [6.45, 7) is 3.00. The molecule has 0 saturated carbocycles. The Morgan fingerprint density at radius 1 is 1.37 bits per heavy atom. The van der Waals surface area contributed by atoms with E-state index in [2.05, 4.69) is 28.4 Å². The number of hydrogen-bond donors (Lipinski definition) is 1. The van der Waals surface area contributed by atoms with Crippen molar-refractivity contribution in [2.75, 3.05) is 26.7 Å². The van der Waals surface area contributed by atoms with Gasteiger partial charge in [-0.1, -0.05) is 36.8 Å². The van der Waals surface area contributed by atoms with Gasteiger partial charge in [-0.2, -0.15) is 5.26 Å². The number of nitrogens with zero attached hydrogens (tertiary/aromatic N) is 2. The van der Waals surface area contributed by atoms with Crippen LogP contribution in [0.15, 0.2) is 30.3 Å². The zero-order chi connectivity index (χ0) is 13.5. The molecule has 0 aromatic heterocycles. The van der Waals surface area contributed by atoms with Gasteiger partial charge in [-0.25, -0.2) is 0 Å². The van der Waals surface area contributed by atoms with Crippen LogP contribution in [0.3, 0.4) is 0 Å². The molecule has 1 aromatic rings. The Morgan fingerprint density at radius 2 is 2.16 bits per heavy atom. The van der Waals surface area contributed by atoms with Crippen molar-refractivity contribution in [1.29, 1.82) is 5.26 Å². The van der Waals surface area contributed by atoms with Gasteiger partial charge in [0.2, 0.25) is 0 Å². The minimum absolute atomic E-state index is 0.0151. The quantitative estimate of drug-likeness (QED) is 0.880. The number of piperidine rings is 1. The highest BCUT2D eigenvalue weighted by Gasteiger charge is 2.24. The number of nitriles is 1. The van der Waals surface area contributed by atoms with Crippen LogP contribution in [-0.2, 0) is 0 Å². The first-order valence-electron chi connectivity index (χ1n) is 7.18. The highest BCUT2D eigenvalue weighted by molar-refractivity contribution is 5.25. The van der Waals surface area contributed by atoms with Gasteiger partial charge in [-0.3, -0.25) is 4.90 Å². The number of likely N-dealkylation sites (N-methyl/N-ethyl adjacent to an activating group) is 1. The van der Waals surface area contributed by atoms with E-state index in [9.17, 15) is 5.26 Å². The van der Waals surface area contributed by atoms with E-state index in [1.165, 1.54) is 19.3 Å². The van der Waals surface area contributed by atoms with Gasteiger partial charge >= 0.3 is 0 Å². The van der Waals surface area contributed by atoms with Crippen LogP contribution in [0.2, 0.25) is 0 Å². The molecule has 2 atom stereocenters. The molecule has 0 bridgehead atoms. The van der Waals surface area contributed by atoms with E-state index >= 15 is 0 Å². The molecule has 1 N–H and O–H groups in total. The molecule has 0 radical (unpaired) electrons. The molecule has 1 saturated heterocycles. The van der Waals surface area contributed by atoms with Gasteiger partial charge < -0.3 is 5.32 Å². The number of benzene rings is 1. The Kier molecular flexibility index (Phi) is 5.38. The third kappa shape index (κ3) is 3.79. The zero-order valence-corrected chi connectivity index (χ0v) is 11.7. The monoisotopic (exact) mass is 257 g/mol. The molecule has 3 heteroatoms. The summed E-state index contributed by atoms with van der Waals surface area (Å²) >= 11 is 0. The lowest BCUT2D eigenvalue weighted by molar-refractivity contribution is 0.144. The predicted molar refractivity (Wildman–Crippen MR) is 77.9 cm³/mol. The van der Waals surface area contributed by atoms with Crippen molar-refractivity contribution in [3.05, 3.63) is 35.9 Å². The number of likely N-dealkylation sites (tertiary alicyclic amines) is 1. The lowest BCUT2D eigenvalue weighted by atomic mass is 9.96. The number of hydrogen-bond acceptors (Lipinski definition) is 3. The van der Waals surface area contributed by atoms with E-state index in [-0.39, 0.29) is 5.92 Å². The maximum absolute atomic E-state index is 9.43. The molecule has 1 fully saturated rings. The van der Waals surface area contributed by atoms with Crippen LogP contribution in [0.4, 0.5) is 0 Å². The molecular weight excluding hydrogens is 234 g/mol. The fourth-order valence-corrected chi connectivity index (χ4v) is 2.91. The Balaban J connectivity index is 2.03. The molecule has 0 spiro atoms. The summed E-state index contributed by atoms with van der Waals surface area (Å²) in [5.41, 5.74) is 1.14. The molecule has 19 heavy (non-hydrogen) atoms. The summed E-state index contributed by atoms with van der Waals surface area (Å²) in [5.74, 6) is -0.0151. The third-order valence-corrected chi connectivity index (χ3v) is 3.96. The number of rotatable bonds is 5. The van der Waals surface area contributed by atoms with Crippen molar-refractivity contribution < 1.29 is 0 Å². The molecule has 1 heterocycles. The topological polar surface area (TPSA) is 39.1 Å². The average Bonchev–Trinajstić information content (AvgIpc) is 2.47. The fraction of sp³-hybridized carbons (Fsp3) is 0.562. The Labute approximate surface area is 116 Å². The van der Waals surface area contributed by atoms with Gasteiger partial charge in [0.15, 0.2) is 0 Å². The summed E-state index contributed by atoms with van der Waals surface area (Å²) in [4.78, 5) is 2.49. The van der Waals surface area contributed by atoms with Crippen LogP contribution in [0.25, 0.3) is 0 Å². The summed E-state index contributed by atoms with van der Waals surface area (Å²) in [5, 5.41) is 12.7. The maximum atomic E-state index is 9.43. The van der Waals surface area contributed by atoms with Gasteiger partial charge in [0.05, 0.1) is 12.0 Å². The maximum Gasteiger partial charge on any atom is 0.0839 e. The second-order valence-electron chi connectivity index (χ2n) is 5.29. The highest BCUT2D eigenvalue weighted by atomic mass is 15.2. The molecule has 2 unspecified atom stereocenters. The molecule has 3 nitrogen and oxygen atoms in total. The molecular formula is C16H23N3. The molecule has 102 valence electrons. The van der Waals surface area contributed by atoms with Crippen LogP contribution in [0.5, 0.6) is 0 Å². The van der Waals surface area contributed by atoms with Crippen LogP contribution in [-0.4, -0.2) is 37.6 Å². The van der Waals surface area contributed by atoms with Gasteiger partial charge in [-0.15, -0.1) is 0 Å². The molecule has 1 aromatic carbocycles. The summed E-state index contributed by atoms with van der Waals surface area (Å²) in [6.07, 6.45) is 3.81. The Bertz CT molecular complexity index is 408. The lowest BCUT2D eigenvalue weighted by Gasteiger charge is -2.36. The van der Waals surface area contributed by atoms with Crippen LogP contribution >= 0.6 is 0 Å². The van der Waals surface area contributed by atoms with E-state index in [0.29, 0.717) is 6.04 Å². The number of nitrogens with one attached hydrogen (secondary N) is 1. The minimum atomic E-state index is -0.0151. The van der Waals surface area contributed by atoms with Crippen LogP contribution in [0.1, 0.15) is 30.7 Å². The SMILES string of the molecule is CNCC1CCCCN1CC(C#N)c1ccccc1. The van der Waals surface area contributed by atoms with Crippen molar-refractivity contribution >= 4 is 0 Å². The zero-order valence-electron chi connectivity index (χ0n) is 11.7. The Morgan fingerprint density at radius 3 is 2.84 bits per heavy atom. The van der Waals surface area contributed by atoms with Crippen molar-refractivity contribution in [1.82, 2.24) is 10.2 Å². The van der Waals surface area contributed by atoms with Crippen molar-refractivity contribution in [3.63, 3.8) is 0 Å². The smallest absolute Gasteiger partial charge is 0.0839 e. The van der Waals surface area contributed by atoms with Gasteiger partial charge in [0, 0.05) is 19.1 Å². The summed E-state index contributed by atoms with van der Waals surface area (Å²) in [6, 6.07) is 13.2. The first kappa shape index (κ1) is 14.0. The van der Waals surface area contributed by atoms with E-state index in [1.807, 2.05) is 25.2 Å². The van der Waals surface area contributed by atoms with Gasteiger partial charge in [0.25, 0.3) is 0 Å². The predicted octanol–water partition coefficient (Wildman–Crippen LogP) is 2.37. The normalized spacial score (nSPS) is 21.8. The molecule has 2 rings (SSSR count). The molecule has 0 aliphatic carbocycles. The van der Waals surface area contributed by atoms with Crippen molar-refractivity contribution in [3.8, 4) is 6.07 Å². The second-order valence-corrected chi connectivity index (χ2v) is 5.29. The van der Waals surface area contributed by atoms with E-state index in [1.54, 1.807) is 0 Å². The standard InChI is InChI=1S/C16H23N3/c1-18-12-16-9-5-6-10-19(16)13-15(11-17)14-7-3-2-4-8-14/h2-4,7-8,15-16,18H,5-6,9-10,12-13H2,1H3. The van der Waals surface area contributed by atoms with E-state index < -0.39 is 0 Å². The first-order valence-corrected chi connectivity index (χ1v) is 7.18. The first-order chi connectivity index (χ1) is 9.35. The fourth-order valence-electron chi connectivity index (χ4n) is 2.91. The average molecular weight is 257 g/mol. The lowest BCUT2D eigenvalue weighted by Crippen LogP contribution is -2.46. The highest BCUT2D eigenvalue weighted by Crippen LogP contribution is 2.22.